The number of halogens is 1. The van der Waals surface area contributed by atoms with Crippen molar-refractivity contribution in [3.05, 3.63) is 28.9 Å². The van der Waals surface area contributed by atoms with Gasteiger partial charge in [0.2, 0.25) is 0 Å². The molecule has 0 fully saturated rings. The number of hydrogen-bond donors (Lipinski definition) is 0. The number of fused-ring (bicyclic) bond motifs is 1. The van der Waals surface area contributed by atoms with E-state index in [4.69, 9.17) is 4.74 Å². The molecule has 0 spiro atoms. The Balaban J connectivity index is 2.75. The zero-order valence-corrected chi connectivity index (χ0v) is 8.23. The summed E-state index contributed by atoms with van der Waals surface area (Å²) in [7, 11) is 1.53. The van der Waals surface area contributed by atoms with Crippen molar-refractivity contribution in [3.8, 4) is 5.75 Å². The van der Waals surface area contributed by atoms with Gasteiger partial charge in [0.05, 0.1) is 12.7 Å². The number of thiophene rings is 1. The first kappa shape index (κ1) is 9.15. The van der Waals surface area contributed by atoms with Gasteiger partial charge in [-0.15, -0.1) is 11.3 Å². The highest BCUT2D eigenvalue weighted by Gasteiger charge is 2.09. The first-order valence-corrected chi connectivity index (χ1v) is 4.84. The van der Waals surface area contributed by atoms with E-state index in [1.165, 1.54) is 30.6 Å². The Kier molecular flexibility index (Phi) is 2.21. The summed E-state index contributed by atoms with van der Waals surface area (Å²) in [4.78, 5) is 10.5. The first-order chi connectivity index (χ1) is 6.76. The second-order valence-corrected chi connectivity index (χ2v) is 3.70. The summed E-state index contributed by atoms with van der Waals surface area (Å²) in [5.74, 6) is 0.130. The summed E-state index contributed by atoms with van der Waals surface area (Å²) >= 11 is 1.43. The number of ether oxygens (including phenoxy) is 1. The predicted molar refractivity (Wildman–Crippen MR) is 53.7 cm³/mol. The highest BCUT2D eigenvalue weighted by atomic mass is 32.1. The fourth-order valence-electron chi connectivity index (χ4n) is 1.29. The summed E-state index contributed by atoms with van der Waals surface area (Å²) in [6, 6.07) is 2.86. The highest BCUT2D eigenvalue weighted by Crippen LogP contribution is 2.33. The maximum absolute atomic E-state index is 13.2. The van der Waals surface area contributed by atoms with E-state index in [2.05, 4.69) is 0 Å². The normalized spacial score (nSPS) is 10.4. The van der Waals surface area contributed by atoms with Crippen LogP contribution < -0.4 is 4.74 Å². The largest absolute Gasteiger partial charge is 0.495 e. The van der Waals surface area contributed by atoms with Crippen LogP contribution in [-0.2, 0) is 0 Å². The molecule has 72 valence electrons. The molecule has 0 N–H and O–H groups in total. The zero-order valence-electron chi connectivity index (χ0n) is 7.41. The van der Waals surface area contributed by atoms with Gasteiger partial charge in [-0.1, -0.05) is 0 Å². The molecule has 0 atom stereocenters. The summed E-state index contributed by atoms with van der Waals surface area (Å²) in [6.45, 7) is 0. The molecule has 0 saturated carbocycles. The number of carbonyl (C=O) groups excluding carboxylic acids is 1. The quantitative estimate of drug-likeness (QED) is 0.712. The Morgan fingerprint density at radius 3 is 2.93 bits per heavy atom. The van der Waals surface area contributed by atoms with Crippen LogP contribution in [0.1, 0.15) is 10.4 Å². The van der Waals surface area contributed by atoms with Crippen LogP contribution in [0, 0.1) is 5.82 Å². The van der Waals surface area contributed by atoms with Gasteiger partial charge >= 0.3 is 0 Å². The van der Waals surface area contributed by atoms with Crippen LogP contribution in [0.15, 0.2) is 17.5 Å². The third-order valence-electron chi connectivity index (χ3n) is 2.00. The van der Waals surface area contributed by atoms with E-state index >= 15 is 0 Å². The molecule has 0 amide bonds. The maximum atomic E-state index is 13.2. The maximum Gasteiger partial charge on any atom is 0.153 e. The standard InChI is InChI=1S/C10H7FO2S/c1-13-9-5-14-10-2-6(4-12)8(11)3-7(9)10/h2-5H,1H3. The van der Waals surface area contributed by atoms with Crippen LogP contribution in [0.4, 0.5) is 4.39 Å². The van der Waals surface area contributed by atoms with Crippen LogP contribution in [0.3, 0.4) is 0 Å². The minimum absolute atomic E-state index is 0.0852. The minimum Gasteiger partial charge on any atom is -0.495 e. The number of carbonyl (C=O) groups is 1. The molecule has 0 aliphatic rings. The molecule has 0 aliphatic heterocycles. The minimum atomic E-state index is -0.510. The van der Waals surface area contributed by atoms with Crippen LogP contribution in [-0.4, -0.2) is 13.4 Å². The lowest BCUT2D eigenvalue weighted by atomic mass is 10.2. The lowest BCUT2D eigenvalue weighted by Gasteiger charge is -1.98. The van der Waals surface area contributed by atoms with Gasteiger partial charge in [0.25, 0.3) is 0 Å². The topological polar surface area (TPSA) is 26.3 Å². The molecular weight excluding hydrogens is 203 g/mol. The van der Waals surface area contributed by atoms with E-state index < -0.39 is 5.82 Å². The second kappa shape index (κ2) is 3.38. The molecule has 2 nitrogen and oxygen atoms in total. The number of aldehydes is 1. The van der Waals surface area contributed by atoms with Crippen LogP contribution in [0.25, 0.3) is 10.1 Å². The summed E-state index contributed by atoms with van der Waals surface area (Å²) in [5.41, 5.74) is 0.0852. The van der Waals surface area contributed by atoms with E-state index in [1.54, 1.807) is 5.38 Å². The monoisotopic (exact) mass is 210 g/mol. The number of rotatable bonds is 2. The van der Waals surface area contributed by atoms with Crippen molar-refractivity contribution < 1.29 is 13.9 Å². The molecule has 1 aromatic carbocycles. The molecule has 0 unspecified atom stereocenters. The fourth-order valence-corrected chi connectivity index (χ4v) is 2.23. The molecule has 1 heterocycles. The van der Waals surface area contributed by atoms with Crippen molar-refractivity contribution in [2.45, 2.75) is 0 Å². The van der Waals surface area contributed by atoms with Crippen molar-refractivity contribution in [2.75, 3.05) is 7.11 Å². The van der Waals surface area contributed by atoms with Gasteiger partial charge in [0.15, 0.2) is 6.29 Å². The third kappa shape index (κ3) is 1.28. The summed E-state index contributed by atoms with van der Waals surface area (Å²) in [5, 5.41) is 2.50. The Morgan fingerprint density at radius 1 is 1.50 bits per heavy atom. The molecule has 2 rings (SSSR count). The summed E-state index contributed by atoms with van der Waals surface area (Å²) < 4.78 is 19.1. The van der Waals surface area contributed by atoms with Crippen molar-refractivity contribution in [1.29, 1.82) is 0 Å². The van der Waals surface area contributed by atoms with Crippen molar-refractivity contribution >= 4 is 27.7 Å². The molecule has 0 saturated heterocycles. The van der Waals surface area contributed by atoms with Crippen LogP contribution in [0.5, 0.6) is 5.75 Å². The Bertz CT molecular complexity index is 490. The second-order valence-electron chi connectivity index (χ2n) is 2.79. The van der Waals surface area contributed by atoms with Gasteiger partial charge in [-0.25, -0.2) is 4.39 Å². The lowest BCUT2D eigenvalue weighted by molar-refractivity contribution is 0.112. The van der Waals surface area contributed by atoms with Gasteiger partial charge in [-0.05, 0) is 12.1 Å². The number of benzene rings is 1. The number of methoxy groups -OCH3 is 1. The SMILES string of the molecule is COc1csc2cc(C=O)c(F)cc12. The molecule has 14 heavy (non-hydrogen) atoms. The Hall–Kier alpha value is -1.42. The predicted octanol–water partition coefficient (Wildman–Crippen LogP) is 2.86. The molecule has 0 radical (unpaired) electrons. The lowest BCUT2D eigenvalue weighted by Crippen LogP contribution is -1.87. The summed E-state index contributed by atoms with van der Waals surface area (Å²) in [6.07, 6.45) is 0.515. The van der Waals surface area contributed by atoms with E-state index in [1.807, 2.05) is 0 Å². The Morgan fingerprint density at radius 2 is 2.29 bits per heavy atom. The van der Waals surface area contributed by atoms with Crippen LogP contribution in [0.2, 0.25) is 0 Å². The molecule has 0 bridgehead atoms. The average Bonchev–Trinajstić information content (AvgIpc) is 2.58. The van der Waals surface area contributed by atoms with E-state index in [0.717, 1.165) is 4.70 Å². The van der Waals surface area contributed by atoms with Gasteiger partial charge in [0.1, 0.15) is 11.6 Å². The van der Waals surface area contributed by atoms with Crippen LogP contribution >= 0.6 is 11.3 Å². The molecule has 4 heteroatoms. The average molecular weight is 210 g/mol. The van der Waals surface area contributed by atoms with Crippen molar-refractivity contribution in [1.82, 2.24) is 0 Å². The van der Waals surface area contributed by atoms with Gasteiger partial charge in [-0.3, -0.25) is 4.79 Å². The van der Waals surface area contributed by atoms with Crippen molar-refractivity contribution in [2.24, 2.45) is 0 Å². The van der Waals surface area contributed by atoms with Gasteiger partial charge in [-0.2, -0.15) is 0 Å². The van der Waals surface area contributed by atoms with Gasteiger partial charge < -0.3 is 4.74 Å². The first-order valence-electron chi connectivity index (χ1n) is 3.96. The zero-order chi connectivity index (χ0) is 10.1. The number of hydrogen-bond acceptors (Lipinski definition) is 3. The van der Waals surface area contributed by atoms with Crippen molar-refractivity contribution in [3.63, 3.8) is 0 Å². The van der Waals surface area contributed by atoms with E-state index in [0.29, 0.717) is 17.4 Å². The Labute approximate surface area is 83.9 Å². The molecule has 1 aromatic heterocycles. The van der Waals surface area contributed by atoms with E-state index in [9.17, 15) is 9.18 Å². The fraction of sp³-hybridized carbons (Fsp3) is 0.100. The van der Waals surface area contributed by atoms with E-state index in [-0.39, 0.29) is 5.56 Å². The highest BCUT2D eigenvalue weighted by molar-refractivity contribution is 7.17. The van der Waals surface area contributed by atoms with Gasteiger partial charge in [0, 0.05) is 15.5 Å². The molecule has 2 aromatic rings. The molecule has 0 aliphatic carbocycles. The third-order valence-corrected chi connectivity index (χ3v) is 2.93. The smallest absolute Gasteiger partial charge is 0.153 e. The molecular formula is C10H7FO2S.